The zero-order valence-corrected chi connectivity index (χ0v) is 23.1. The minimum atomic E-state index is -0.246. The second kappa shape index (κ2) is 14.6. The van der Waals surface area contributed by atoms with E-state index in [1.165, 1.54) is 17.8 Å². The number of nitrogens with zero attached hydrogens (tertiary/aromatic N) is 4. The van der Waals surface area contributed by atoms with Crippen LogP contribution in [-0.4, -0.2) is 44.2 Å². The molecule has 206 valence electrons. The van der Waals surface area contributed by atoms with Gasteiger partial charge in [0.2, 0.25) is 0 Å². The predicted octanol–water partition coefficient (Wildman–Crippen LogP) is 6.76. The van der Waals surface area contributed by atoms with E-state index in [1.807, 2.05) is 42.6 Å². The third-order valence-electron chi connectivity index (χ3n) is 6.81. The number of benzene rings is 2. The van der Waals surface area contributed by atoms with Crippen LogP contribution in [0.4, 0.5) is 10.1 Å². The van der Waals surface area contributed by atoms with E-state index in [4.69, 9.17) is 15.1 Å². The van der Waals surface area contributed by atoms with Crippen molar-refractivity contribution in [3.63, 3.8) is 0 Å². The van der Waals surface area contributed by atoms with Gasteiger partial charge >= 0.3 is 0 Å². The summed E-state index contributed by atoms with van der Waals surface area (Å²) in [4.78, 5) is 12.3. The molecule has 0 aliphatic carbocycles. The largest absolute Gasteiger partial charge is 0.395 e. The molecule has 0 aliphatic rings. The molecule has 0 spiro atoms. The molecule has 0 fully saturated rings. The maximum atomic E-state index is 13.8. The Hall–Kier alpha value is -3.55. The molecule has 0 amide bonds. The van der Waals surface area contributed by atoms with E-state index in [1.54, 1.807) is 0 Å². The fraction of sp³-hybridized carbons (Fsp3) is 0.375. The Morgan fingerprint density at radius 1 is 0.897 bits per heavy atom. The predicted molar refractivity (Wildman–Crippen MR) is 157 cm³/mol. The SMILES string of the molecule is CCCCN(Cc1ccc(NCCO)cn1)Cc1c(-c2ccccc2)nc(-c2ccc(F)cc2)n1CCCC. The number of anilines is 1. The van der Waals surface area contributed by atoms with Crippen molar-refractivity contribution in [3.8, 4) is 22.6 Å². The summed E-state index contributed by atoms with van der Waals surface area (Å²) in [6, 6.07) is 21.1. The van der Waals surface area contributed by atoms with Crippen molar-refractivity contribution in [1.82, 2.24) is 19.4 Å². The summed E-state index contributed by atoms with van der Waals surface area (Å²) in [5, 5.41) is 12.2. The number of halogens is 1. The highest BCUT2D eigenvalue weighted by molar-refractivity contribution is 5.68. The molecule has 0 saturated carbocycles. The van der Waals surface area contributed by atoms with Crippen LogP contribution in [0, 0.1) is 5.82 Å². The zero-order valence-electron chi connectivity index (χ0n) is 23.1. The van der Waals surface area contributed by atoms with Gasteiger partial charge in [-0.05, 0) is 55.8 Å². The van der Waals surface area contributed by atoms with E-state index in [9.17, 15) is 4.39 Å². The molecule has 2 N–H and O–H groups in total. The van der Waals surface area contributed by atoms with Crippen LogP contribution >= 0.6 is 0 Å². The van der Waals surface area contributed by atoms with E-state index in [2.05, 4.69) is 46.8 Å². The first-order valence-electron chi connectivity index (χ1n) is 14.1. The Labute approximate surface area is 231 Å². The summed E-state index contributed by atoms with van der Waals surface area (Å²) < 4.78 is 16.1. The van der Waals surface area contributed by atoms with Crippen molar-refractivity contribution in [2.24, 2.45) is 0 Å². The molecule has 0 radical (unpaired) electrons. The van der Waals surface area contributed by atoms with Gasteiger partial charge in [0, 0.05) is 37.3 Å². The first-order chi connectivity index (χ1) is 19.1. The molecule has 6 nitrogen and oxygen atoms in total. The molecule has 39 heavy (non-hydrogen) atoms. The standard InChI is InChI=1S/C32H40FN5O/c1-3-5-19-37(23-29-17-16-28(22-35-29)34-18-21-39)24-30-31(25-10-8-7-9-11-25)36-32(38(30)20-6-4-2)26-12-14-27(33)15-13-26/h7-17,22,34,39H,3-6,18-21,23-24H2,1-2H3. The third kappa shape index (κ3) is 7.74. The average molecular weight is 530 g/mol. The molecule has 2 aromatic heterocycles. The topological polar surface area (TPSA) is 66.2 Å². The summed E-state index contributed by atoms with van der Waals surface area (Å²) in [6.45, 7) is 8.25. The van der Waals surface area contributed by atoms with Crippen LogP contribution in [0.1, 0.15) is 50.9 Å². The van der Waals surface area contributed by atoms with Gasteiger partial charge in [0.25, 0.3) is 0 Å². The van der Waals surface area contributed by atoms with Crippen molar-refractivity contribution < 1.29 is 9.50 Å². The van der Waals surface area contributed by atoms with Crippen molar-refractivity contribution in [2.45, 2.75) is 59.2 Å². The molecule has 0 bridgehead atoms. The number of imidazole rings is 1. The maximum Gasteiger partial charge on any atom is 0.140 e. The van der Waals surface area contributed by atoms with Gasteiger partial charge < -0.3 is 15.0 Å². The van der Waals surface area contributed by atoms with Crippen LogP contribution in [-0.2, 0) is 19.6 Å². The van der Waals surface area contributed by atoms with Crippen molar-refractivity contribution in [1.29, 1.82) is 0 Å². The molecule has 7 heteroatoms. The third-order valence-corrected chi connectivity index (χ3v) is 6.81. The van der Waals surface area contributed by atoms with E-state index >= 15 is 0 Å². The van der Waals surface area contributed by atoms with Crippen LogP contribution in [0.25, 0.3) is 22.6 Å². The smallest absolute Gasteiger partial charge is 0.140 e. The quantitative estimate of drug-likeness (QED) is 0.178. The van der Waals surface area contributed by atoms with Gasteiger partial charge in [0.1, 0.15) is 11.6 Å². The number of hydrogen-bond donors (Lipinski definition) is 2. The van der Waals surface area contributed by atoms with E-state index in [-0.39, 0.29) is 12.4 Å². The van der Waals surface area contributed by atoms with Gasteiger partial charge in [-0.25, -0.2) is 9.37 Å². The van der Waals surface area contributed by atoms with Gasteiger partial charge in [-0.15, -0.1) is 0 Å². The first kappa shape index (κ1) is 28.5. The Morgan fingerprint density at radius 2 is 1.67 bits per heavy atom. The molecule has 0 atom stereocenters. The number of pyridine rings is 1. The highest BCUT2D eigenvalue weighted by Gasteiger charge is 2.22. The number of hydrogen-bond acceptors (Lipinski definition) is 5. The van der Waals surface area contributed by atoms with Crippen molar-refractivity contribution in [2.75, 3.05) is 25.0 Å². The Kier molecular flexibility index (Phi) is 10.6. The Bertz CT molecular complexity index is 1270. The van der Waals surface area contributed by atoms with Crippen LogP contribution in [0.3, 0.4) is 0 Å². The number of aliphatic hydroxyl groups excluding tert-OH is 1. The lowest BCUT2D eigenvalue weighted by Gasteiger charge is -2.24. The normalized spacial score (nSPS) is 11.3. The fourth-order valence-electron chi connectivity index (χ4n) is 4.71. The number of aliphatic hydroxyl groups is 1. The van der Waals surface area contributed by atoms with E-state index in [0.29, 0.717) is 6.54 Å². The van der Waals surface area contributed by atoms with Crippen LogP contribution in [0.5, 0.6) is 0 Å². The Balaban J connectivity index is 1.73. The monoisotopic (exact) mass is 529 g/mol. The number of rotatable bonds is 15. The summed E-state index contributed by atoms with van der Waals surface area (Å²) in [5.41, 5.74) is 6.05. The fourth-order valence-corrected chi connectivity index (χ4v) is 4.71. The summed E-state index contributed by atoms with van der Waals surface area (Å²) in [5.74, 6) is 0.634. The van der Waals surface area contributed by atoms with Gasteiger partial charge in [-0.1, -0.05) is 57.0 Å². The van der Waals surface area contributed by atoms with E-state index < -0.39 is 0 Å². The molecule has 0 aliphatic heterocycles. The number of nitrogens with one attached hydrogen (secondary N) is 1. The zero-order chi connectivity index (χ0) is 27.5. The summed E-state index contributed by atoms with van der Waals surface area (Å²) in [7, 11) is 0. The van der Waals surface area contributed by atoms with Crippen LogP contribution in [0.15, 0.2) is 72.9 Å². The Morgan fingerprint density at radius 3 is 2.33 bits per heavy atom. The molecule has 2 aromatic carbocycles. The van der Waals surface area contributed by atoms with Crippen LogP contribution in [0.2, 0.25) is 0 Å². The van der Waals surface area contributed by atoms with Gasteiger partial charge in [0.15, 0.2) is 0 Å². The van der Waals surface area contributed by atoms with Crippen molar-refractivity contribution >= 4 is 5.69 Å². The lowest BCUT2D eigenvalue weighted by molar-refractivity contribution is 0.243. The molecule has 0 unspecified atom stereocenters. The van der Waals surface area contributed by atoms with Gasteiger partial charge in [0.05, 0.1) is 35.6 Å². The highest BCUT2D eigenvalue weighted by Crippen LogP contribution is 2.31. The van der Waals surface area contributed by atoms with Crippen LogP contribution < -0.4 is 5.32 Å². The number of aromatic nitrogens is 3. The summed E-state index contributed by atoms with van der Waals surface area (Å²) in [6.07, 6.45) is 6.13. The molecular formula is C32H40FN5O. The summed E-state index contributed by atoms with van der Waals surface area (Å²) >= 11 is 0. The second-order valence-electron chi connectivity index (χ2n) is 9.86. The average Bonchev–Trinajstić information content (AvgIpc) is 3.32. The molecule has 4 aromatic rings. The lowest BCUT2D eigenvalue weighted by atomic mass is 10.1. The molecular weight excluding hydrogens is 489 g/mol. The van der Waals surface area contributed by atoms with Gasteiger partial charge in [-0.3, -0.25) is 9.88 Å². The minimum absolute atomic E-state index is 0.0852. The first-order valence-corrected chi connectivity index (χ1v) is 14.1. The lowest BCUT2D eigenvalue weighted by Crippen LogP contribution is -2.26. The molecule has 4 rings (SSSR count). The maximum absolute atomic E-state index is 13.8. The molecule has 0 saturated heterocycles. The van der Waals surface area contributed by atoms with Gasteiger partial charge in [-0.2, -0.15) is 0 Å². The minimum Gasteiger partial charge on any atom is -0.395 e. The highest BCUT2D eigenvalue weighted by atomic mass is 19.1. The van der Waals surface area contributed by atoms with E-state index in [0.717, 1.165) is 85.9 Å². The second-order valence-corrected chi connectivity index (χ2v) is 9.86. The number of unbranched alkanes of at least 4 members (excludes halogenated alkanes) is 2. The molecule has 2 heterocycles. The van der Waals surface area contributed by atoms with Crippen molar-refractivity contribution in [3.05, 3.63) is 90.1 Å².